The summed E-state index contributed by atoms with van der Waals surface area (Å²) in [6, 6.07) is 44.0. The van der Waals surface area contributed by atoms with Gasteiger partial charge in [0.05, 0.1) is 22.9 Å². The van der Waals surface area contributed by atoms with Crippen molar-refractivity contribution >= 4 is 67.9 Å². The van der Waals surface area contributed by atoms with Crippen molar-refractivity contribution in [1.29, 1.82) is 0 Å². The molecule has 0 aliphatic heterocycles. The quantitative estimate of drug-likeness (QED) is 0.0844. The van der Waals surface area contributed by atoms with E-state index >= 15 is 0 Å². The highest BCUT2D eigenvalue weighted by Crippen LogP contribution is 2.38. The number of aromatic nitrogens is 1. The fourth-order valence-corrected chi connectivity index (χ4v) is 7.35. The minimum atomic E-state index is -0.569. The summed E-state index contributed by atoms with van der Waals surface area (Å²) < 4.78 is 12.5. The van der Waals surface area contributed by atoms with Gasteiger partial charge in [-0.25, -0.2) is 4.98 Å². The second-order valence-electron chi connectivity index (χ2n) is 11.6. The molecule has 9 nitrogen and oxygen atoms in total. The molecule has 1 unspecified atom stereocenters. The molecule has 0 spiro atoms. The highest BCUT2D eigenvalue weighted by atomic mass is 32.2. The first-order chi connectivity index (χ1) is 25.9. The Morgan fingerprint density at radius 3 is 2.23 bits per heavy atom. The van der Waals surface area contributed by atoms with E-state index in [-0.39, 0.29) is 11.6 Å². The third-order valence-electron chi connectivity index (χ3n) is 8.05. The number of nitrogens with zero attached hydrogens (tertiary/aromatic N) is 1. The predicted molar refractivity (Wildman–Crippen MR) is 211 cm³/mol. The Morgan fingerprint density at radius 1 is 0.774 bits per heavy atom. The second kappa shape index (κ2) is 16.3. The smallest absolute Gasteiger partial charge is 0.272 e. The lowest BCUT2D eigenvalue weighted by molar-refractivity contribution is -0.116. The van der Waals surface area contributed by atoms with E-state index in [4.69, 9.17) is 9.15 Å². The Labute approximate surface area is 313 Å². The molecule has 0 bridgehead atoms. The van der Waals surface area contributed by atoms with Crippen molar-refractivity contribution in [2.45, 2.75) is 10.1 Å². The number of ether oxygens (including phenoxy) is 1. The third-order valence-corrected chi connectivity index (χ3v) is 10.3. The van der Waals surface area contributed by atoms with Gasteiger partial charge in [-0.1, -0.05) is 84.1 Å². The van der Waals surface area contributed by atoms with E-state index in [1.165, 1.54) is 29.2 Å². The number of amides is 3. The fourth-order valence-electron chi connectivity index (χ4n) is 5.46. The summed E-state index contributed by atoms with van der Waals surface area (Å²) in [6.45, 7) is 0. The van der Waals surface area contributed by atoms with Crippen molar-refractivity contribution in [2.24, 2.45) is 0 Å². The summed E-state index contributed by atoms with van der Waals surface area (Å²) in [5.74, 6) is 0.325. The molecule has 53 heavy (non-hydrogen) atoms. The summed E-state index contributed by atoms with van der Waals surface area (Å²) in [5, 5.41) is 8.58. The lowest BCUT2D eigenvalue weighted by Gasteiger charge is -2.16. The highest BCUT2D eigenvalue weighted by molar-refractivity contribution is 8.00. The molecule has 0 radical (unpaired) electrons. The molecule has 262 valence electrons. The van der Waals surface area contributed by atoms with Crippen LogP contribution in [0.5, 0.6) is 5.75 Å². The Kier molecular flexibility index (Phi) is 10.7. The number of hydrogen-bond acceptors (Lipinski definition) is 8. The van der Waals surface area contributed by atoms with Gasteiger partial charge in [0.15, 0.2) is 5.13 Å². The van der Waals surface area contributed by atoms with Crippen LogP contribution in [-0.2, 0) is 9.59 Å². The summed E-state index contributed by atoms with van der Waals surface area (Å²) in [6.07, 6.45) is 1.48. The average molecular weight is 737 g/mol. The van der Waals surface area contributed by atoms with Crippen LogP contribution in [0.2, 0.25) is 0 Å². The summed E-state index contributed by atoms with van der Waals surface area (Å²) in [7, 11) is 1.58. The Bertz CT molecular complexity index is 2370. The normalized spacial score (nSPS) is 11.8. The van der Waals surface area contributed by atoms with Crippen LogP contribution in [0.1, 0.15) is 26.9 Å². The van der Waals surface area contributed by atoms with Crippen molar-refractivity contribution in [3.63, 3.8) is 0 Å². The van der Waals surface area contributed by atoms with Crippen LogP contribution in [0.3, 0.4) is 0 Å². The van der Waals surface area contributed by atoms with Crippen LogP contribution in [0.15, 0.2) is 161 Å². The molecule has 2 aromatic heterocycles. The third kappa shape index (κ3) is 8.55. The number of carbonyl (C=O) groups excluding carboxylic acids is 3. The van der Waals surface area contributed by atoms with Crippen molar-refractivity contribution in [3.8, 4) is 17.1 Å². The van der Waals surface area contributed by atoms with Gasteiger partial charge < -0.3 is 25.1 Å². The van der Waals surface area contributed by atoms with Crippen LogP contribution >= 0.6 is 23.1 Å². The fraction of sp³-hybridized carbons (Fsp3) is 0.0476. The maximum Gasteiger partial charge on any atom is 0.272 e. The molecule has 11 heteroatoms. The first-order valence-electron chi connectivity index (χ1n) is 16.5. The lowest BCUT2D eigenvalue weighted by Crippen LogP contribution is -2.30. The number of anilines is 2. The van der Waals surface area contributed by atoms with Crippen LogP contribution in [-0.4, -0.2) is 29.8 Å². The molecular formula is C42H32N4O5S2. The number of thioether (sulfide) groups is 1. The number of para-hydroxylation sites is 2. The zero-order chi connectivity index (χ0) is 36.6. The number of hydrogen-bond donors (Lipinski definition) is 3. The summed E-state index contributed by atoms with van der Waals surface area (Å²) in [4.78, 5) is 45.9. The monoisotopic (exact) mass is 736 g/mol. The molecule has 0 aliphatic rings. The largest absolute Gasteiger partial charge is 0.496 e. The van der Waals surface area contributed by atoms with Crippen molar-refractivity contribution in [3.05, 3.63) is 168 Å². The predicted octanol–water partition coefficient (Wildman–Crippen LogP) is 9.45. The lowest BCUT2D eigenvalue weighted by atomic mass is 10.1. The van der Waals surface area contributed by atoms with Gasteiger partial charge in [-0.2, -0.15) is 0 Å². The minimum Gasteiger partial charge on any atom is -0.496 e. The Hall–Kier alpha value is -6.43. The second-order valence-corrected chi connectivity index (χ2v) is 13.9. The molecular weight excluding hydrogens is 705 g/mol. The van der Waals surface area contributed by atoms with Gasteiger partial charge in [-0.3, -0.25) is 14.4 Å². The van der Waals surface area contributed by atoms with E-state index in [0.717, 1.165) is 26.2 Å². The van der Waals surface area contributed by atoms with E-state index in [1.54, 1.807) is 55.6 Å². The van der Waals surface area contributed by atoms with Gasteiger partial charge in [0.25, 0.3) is 11.8 Å². The number of carbonyl (C=O) groups is 3. The van der Waals surface area contributed by atoms with E-state index in [9.17, 15) is 14.4 Å². The summed E-state index contributed by atoms with van der Waals surface area (Å²) >= 11 is 2.81. The molecule has 7 aromatic rings. The first-order valence-corrected chi connectivity index (χ1v) is 18.2. The van der Waals surface area contributed by atoms with Crippen molar-refractivity contribution in [1.82, 2.24) is 10.3 Å². The van der Waals surface area contributed by atoms with Crippen LogP contribution in [0.25, 0.3) is 27.6 Å². The molecule has 0 aliphatic carbocycles. The van der Waals surface area contributed by atoms with Gasteiger partial charge in [0, 0.05) is 22.2 Å². The van der Waals surface area contributed by atoms with E-state index in [0.29, 0.717) is 33.7 Å². The molecule has 1 atom stereocenters. The first kappa shape index (κ1) is 35.0. The Balaban J connectivity index is 1.09. The molecule has 7 rings (SSSR count). The van der Waals surface area contributed by atoms with Crippen LogP contribution in [0, 0.1) is 0 Å². The van der Waals surface area contributed by atoms with Gasteiger partial charge in [-0.05, 0) is 78.4 Å². The molecule has 0 fully saturated rings. The zero-order valence-corrected chi connectivity index (χ0v) is 29.9. The highest BCUT2D eigenvalue weighted by Gasteiger charge is 2.24. The van der Waals surface area contributed by atoms with E-state index in [1.807, 2.05) is 97.1 Å². The van der Waals surface area contributed by atoms with Crippen LogP contribution in [0.4, 0.5) is 10.8 Å². The topological polar surface area (TPSA) is 123 Å². The zero-order valence-electron chi connectivity index (χ0n) is 28.3. The van der Waals surface area contributed by atoms with Gasteiger partial charge in [0.2, 0.25) is 5.91 Å². The molecule has 3 N–H and O–H groups in total. The molecule has 0 saturated carbocycles. The van der Waals surface area contributed by atoms with Crippen molar-refractivity contribution in [2.75, 3.05) is 17.7 Å². The van der Waals surface area contributed by atoms with Crippen LogP contribution < -0.4 is 20.7 Å². The number of fused-ring (bicyclic) bond motifs is 1. The van der Waals surface area contributed by atoms with E-state index in [2.05, 4.69) is 20.9 Å². The molecule has 5 aromatic carbocycles. The standard InChI is InChI=1S/C42H32N4O5S2/c1-50-35-18-10-8-16-32(35)36-25-22-30(51-36)26-34(44-39(47)28-14-6-3-7-15-28)40(48)43-29-20-23-31(24-21-29)52-38(27-12-4-2-5-13-27)41(49)46-42-45-33-17-9-11-19-37(33)53-42/h2-26,38H,1H3,(H,43,48)(H,44,47)(H,45,46,49)/b34-26+. The van der Waals surface area contributed by atoms with E-state index < -0.39 is 17.1 Å². The number of furan rings is 1. The number of thiazole rings is 1. The number of methoxy groups -OCH3 is 1. The van der Waals surface area contributed by atoms with Gasteiger partial charge in [0.1, 0.15) is 28.2 Å². The summed E-state index contributed by atoms with van der Waals surface area (Å²) in [5.41, 5.74) is 3.27. The van der Waals surface area contributed by atoms with Gasteiger partial charge >= 0.3 is 0 Å². The number of rotatable bonds is 12. The maximum atomic E-state index is 13.7. The number of nitrogens with one attached hydrogen (secondary N) is 3. The molecule has 3 amide bonds. The average Bonchev–Trinajstić information content (AvgIpc) is 3.84. The molecule has 0 saturated heterocycles. The Morgan fingerprint density at radius 2 is 1.47 bits per heavy atom. The minimum absolute atomic E-state index is 0.0195. The number of benzene rings is 5. The SMILES string of the molecule is COc1ccccc1-c1ccc(/C=C(/NC(=O)c2ccccc2)C(=O)Nc2ccc(SC(C(=O)Nc3nc4ccccc4s3)c3ccccc3)cc2)o1. The van der Waals surface area contributed by atoms with Gasteiger partial charge in [-0.15, -0.1) is 11.8 Å². The molecule has 2 heterocycles. The van der Waals surface area contributed by atoms with Crippen molar-refractivity contribution < 1.29 is 23.5 Å². The maximum absolute atomic E-state index is 13.7.